The molecule has 1 unspecified atom stereocenters. The molecule has 2 aromatic carbocycles. The summed E-state index contributed by atoms with van der Waals surface area (Å²) in [6, 6.07) is 7.75. The summed E-state index contributed by atoms with van der Waals surface area (Å²) in [7, 11) is 0.658. The van der Waals surface area contributed by atoms with E-state index in [1.54, 1.807) is 18.2 Å². The zero-order valence-electron chi connectivity index (χ0n) is 15.3. The molecule has 10 heteroatoms. The summed E-state index contributed by atoms with van der Waals surface area (Å²) in [5.41, 5.74) is 0.802. The summed E-state index contributed by atoms with van der Waals surface area (Å²) < 4.78 is 8.32. The van der Waals surface area contributed by atoms with Crippen LogP contribution in [0.5, 0.6) is 17.2 Å². The largest absolute Gasteiger partial charge is 0.507 e. The number of carboxylic acids is 1. The van der Waals surface area contributed by atoms with Gasteiger partial charge in [0.25, 0.3) is 0 Å². The van der Waals surface area contributed by atoms with Crippen LogP contribution in [0, 0.1) is 10.7 Å². The Morgan fingerprint density at radius 3 is 2.34 bits per heavy atom. The Morgan fingerprint density at radius 2 is 1.79 bits per heavy atom. The summed E-state index contributed by atoms with van der Waals surface area (Å²) in [6.45, 7) is 2.01. The van der Waals surface area contributed by atoms with Crippen LogP contribution in [0.4, 0.5) is 0 Å². The lowest BCUT2D eigenvalue weighted by Gasteiger charge is -2.17. The van der Waals surface area contributed by atoms with Crippen LogP contribution in [0.1, 0.15) is 12.0 Å². The van der Waals surface area contributed by atoms with Gasteiger partial charge in [0.05, 0.1) is 10.7 Å². The number of benzene rings is 2. The number of rotatable bonds is 9. The van der Waals surface area contributed by atoms with E-state index in [2.05, 4.69) is 50.5 Å². The Bertz CT molecular complexity index is 886. The topological polar surface area (TPSA) is 95.9 Å². The number of hydrogen-bond donors (Lipinski definition) is 3. The number of carbonyl (C=O) groups excluding carboxylic acids is 1. The van der Waals surface area contributed by atoms with Crippen molar-refractivity contribution in [3.63, 3.8) is 0 Å². The molecule has 0 saturated heterocycles. The van der Waals surface area contributed by atoms with E-state index in [0.717, 1.165) is 18.9 Å². The number of hydrogen-bond acceptors (Lipinski definition) is 4. The number of aromatic hydroxyl groups is 1. The molecule has 6 nitrogen and oxygen atoms in total. The molecule has 2 aromatic rings. The maximum Gasteiger partial charge on any atom is 0.326 e. The third kappa shape index (κ3) is 7.66. The minimum Gasteiger partial charge on any atom is -0.507 e. The van der Waals surface area contributed by atoms with Gasteiger partial charge < -0.3 is 20.3 Å². The molecule has 0 aliphatic carbocycles. The predicted molar refractivity (Wildman–Crippen MR) is 140 cm³/mol. The van der Waals surface area contributed by atoms with Gasteiger partial charge in [0.15, 0.2) is 5.75 Å². The van der Waals surface area contributed by atoms with Gasteiger partial charge in [0.1, 0.15) is 17.5 Å². The first-order valence-corrected chi connectivity index (χ1v) is 13.5. The number of carboxylic acid groups (broad SMARTS) is 1. The number of aliphatic carboxylic acids is 1. The van der Waals surface area contributed by atoms with Gasteiger partial charge in [-0.25, -0.2) is 4.79 Å². The monoisotopic (exact) mass is 753 g/mol. The summed E-state index contributed by atoms with van der Waals surface area (Å²) in [5.74, 6) is 0.164. The highest BCUT2D eigenvalue weighted by Gasteiger charge is 2.21. The number of amides is 1. The van der Waals surface area contributed by atoms with E-state index in [0.29, 0.717) is 30.1 Å². The van der Waals surface area contributed by atoms with Gasteiger partial charge in [-0.1, -0.05) is 0 Å². The number of phenolic OH excluding ortho intramolecular Hbond substituents is 1. The molecule has 0 spiro atoms. The highest BCUT2D eigenvalue weighted by atomic mass is 127. The first-order chi connectivity index (χ1) is 13.7. The van der Waals surface area contributed by atoms with Crippen molar-refractivity contribution in [2.24, 2.45) is 0 Å². The predicted octanol–water partition coefficient (Wildman–Crippen LogP) is 4.81. The van der Waals surface area contributed by atoms with Crippen LogP contribution < -0.4 is 10.1 Å². The van der Waals surface area contributed by atoms with E-state index in [4.69, 9.17) is 4.74 Å². The van der Waals surface area contributed by atoms with Gasteiger partial charge in [0, 0.05) is 12.8 Å². The highest BCUT2D eigenvalue weighted by molar-refractivity contribution is 14.1. The molecular formula is C19H19I3NO5P. The number of nitrogens with one attached hydrogen (secondary N) is 1. The maximum absolute atomic E-state index is 11.9. The van der Waals surface area contributed by atoms with Gasteiger partial charge in [-0.2, -0.15) is 0 Å². The molecule has 0 aromatic heterocycles. The third-order valence-electron chi connectivity index (χ3n) is 3.87. The number of phenols is 1. The van der Waals surface area contributed by atoms with E-state index in [9.17, 15) is 19.8 Å². The van der Waals surface area contributed by atoms with Gasteiger partial charge in [-0.05, 0) is 116 Å². The summed E-state index contributed by atoms with van der Waals surface area (Å²) >= 11 is 6.32. The lowest BCUT2D eigenvalue weighted by molar-refractivity contribution is -0.141. The lowest BCUT2D eigenvalue weighted by Crippen LogP contribution is -2.42. The fraction of sp³-hybridized carbons (Fsp3) is 0.263. The summed E-state index contributed by atoms with van der Waals surface area (Å²) in [4.78, 5) is 23.5. The van der Waals surface area contributed by atoms with Crippen LogP contribution in [0.3, 0.4) is 0 Å². The van der Waals surface area contributed by atoms with Gasteiger partial charge >= 0.3 is 5.97 Å². The van der Waals surface area contributed by atoms with Crippen molar-refractivity contribution in [3.05, 3.63) is 46.6 Å². The van der Waals surface area contributed by atoms with Crippen molar-refractivity contribution in [1.29, 1.82) is 0 Å². The first kappa shape index (κ1) is 24.9. The molecule has 156 valence electrons. The van der Waals surface area contributed by atoms with Crippen molar-refractivity contribution in [3.8, 4) is 17.2 Å². The normalized spacial score (nSPS) is 12.1. The van der Waals surface area contributed by atoms with Crippen LogP contribution in [0.2, 0.25) is 0 Å². The molecule has 2 rings (SSSR count). The highest BCUT2D eigenvalue weighted by Crippen LogP contribution is 2.35. The fourth-order valence-corrected chi connectivity index (χ4v) is 5.52. The molecule has 0 fully saturated rings. The van der Waals surface area contributed by atoms with Crippen molar-refractivity contribution < 1.29 is 24.5 Å². The van der Waals surface area contributed by atoms with Gasteiger partial charge in [0.2, 0.25) is 5.91 Å². The van der Waals surface area contributed by atoms with E-state index in [1.165, 1.54) is 0 Å². The Labute approximate surface area is 211 Å². The Balaban J connectivity index is 2.17. The van der Waals surface area contributed by atoms with Crippen LogP contribution in [0.25, 0.3) is 0 Å². The Morgan fingerprint density at radius 1 is 1.14 bits per heavy atom. The van der Waals surface area contributed by atoms with Crippen LogP contribution in [-0.4, -0.2) is 41.0 Å². The van der Waals surface area contributed by atoms with Crippen LogP contribution in [0.15, 0.2) is 30.3 Å². The minimum atomic E-state index is -1.05. The average molecular weight is 753 g/mol. The molecule has 29 heavy (non-hydrogen) atoms. The van der Waals surface area contributed by atoms with Crippen LogP contribution in [-0.2, 0) is 16.0 Å². The Hall–Kier alpha value is -0.400. The number of ether oxygens (including phenoxy) is 1. The molecular weight excluding hydrogens is 734 g/mol. The van der Waals surface area contributed by atoms with E-state index < -0.39 is 12.0 Å². The van der Waals surface area contributed by atoms with Crippen LogP contribution >= 0.6 is 76.4 Å². The second-order valence-corrected chi connectivity index (χ2v) is 10.8. The third-order valence-corrected chi connectivity index (χ3v) is 7.09. The van der Waals surface area contributed by atoms with E-state index in [1.807, 2.05) is 41.4 Å². The van der Waals surface area contributed by atoms with E-state index in [-0.39, 0.29) is 18.1 Å². The van der Waals surface area contributed by atoms with Crippen molar-refractivity contribution in [2.45, 2.75) is 18.9 Å². The zero-order valence-corrected chi connectivity index (χ0v) is 22.8. The lowest BCUT2D eigenvalue weighted by atomic mass is 10.1. The summed E-state index contributed by atoms with van der Waals surface area (Å²) in [5, 5.41) is 21.7. The molecule has 0 aliphatic heterocycles. The van der Waals surface area contributed by atoms with E-state index >= 15 is 0 Å². The molecule has 0 heterocycles. The molecule has 0 saturated carbocycles. The molecule has 0 radical (unpaired) electrons. The second-order valence-electron chi connectivity index (χ2n) is 6.12. The standard InChI is InChI=1S/C19H19I3NO5P/c1-29-5-4-17(25)23-15(19(26)27)8-10-6-13(21)18(14(22)7-10)28-11-2-3-16(24)12(20)9-11/h2-3,6-7,9,15,24,29H,4-5,8H2,1H3,(H,23,25)(H,26,27)/t15-/m0/s1. The average Bonchev–Trinajstić information content (AvgIpc) is 2.65. The smallest absolute Gasteiger partial charge is 0.326 e. The molecule has 0 bridgehead atoms. The fourth-order valence-electron chi connectivity index (χ4n) is 2.44. The zero-order chi connectivity index (χ0) is 21.6. The van der Waals surface area contributed by atoms with Gasteiger partial charge in [-0.15, -0.1) is 8.58 Å². The second kappa shape index (κ2) is 11.8. The van der Waals surface area contributed by atoms with Crippen molar-refractivity contribution >= 4 is 88.2 Å². The van der Waals surface area contributed by atoms with Gasteiger partial charge in [-0.3, -0.25) is 4.79 Å². The SMILES string of the molecule is CPCCC(=O)N[C@@H](Cc1cc(I)c(Oc2ccc(O)c(I)c2)c(I)c1)C(=O)O. The minimum absolute atomic E-state index is 0.193. The van der Waals surface area contributed by atoms with Crippen molar-refractivity contribution in [2.75, 3.05) is 12.8 Å². The number of carbonyl (C=O) groups is 2. The quantitative estimate of drug-likeness (QED) is 0.253. The molecule has 1 amide bonds. The van der Waals surface area contributed by atoms with Crippen molar-refractivity contribution in [1.82, 2.24) is 5.32 Å². The summed E-state index contributed by atoms with van der Waals surface area (Å²) in [6.07, 6.45) is 1.29. The Kier molecular flexibility index (Phi) is 10.2. The number of halogens is 3. The first-order valence-electron chi connectivity index (χ1n) is 8.52. The molecule has 0 aliphatic rings. The maximum atomic E-state index is 11.9. The molecule has 2 atom stereocenters. The molecule has 3 N–H and O–H groups in total.